The van der Waals surface area contributed by atoms with Crippen LogP contribution in [0.4, 0.5) is 28.4 Å². The van der Waals surface area contributed by atoms with Crippen molar-refractivity contribution in [3.05, 3.63) is 273 Å². The van der Waals surface area contributed by atoms with Gasteiger partial charge in [-0.2, -0.15) is 0 Å². The van der Waals surface area contributed by atoms with Gasteiger partial charge in [0.15, 0.2) is 0 Å². The van der Waals surface area contributed by atoms with Crippen molar-refractivity contribution in [2.75, 3.05) is 10.2 Å². The molecule has 6 aliphatic heterocycles. The SMILES string of the molecule is Cc1cc(C)c(-c2cc3c4c(c2)Oc2cc(-c5ccccc5)ccc2B4c2cc4c(cc2N3)N(c2c(C)cc(C)cc2C)c2cc(-c3c(C)cc(C)cc3C)cc3c2B4c2cc4c(cc2O3)Oc2cc(-c3c(C)cc(C)cc3C)cc3c2B4c2ccc(-c4ccccc4)cc2O3)c(C)c1. The van der Waals surface area contributed by atoms with Crippen molar-refractivity contribution < 1.29 is 18.9 Å². The molecular formula is C90H71B3N2O4. The summed E-state index contributed by atoms with van der Waals surface area (Å²) in [5.41, 5.74) is 41.6. The van der Waals surface area contributed by atoms with Crippen LogP contribution in [0.25, 0.3) is 55.6 Å². The number of nitrogens with one attached hydrogen (secondary N) is 1. The highest BCUT2D eigenvalue weighted by molar-refractivity contribution is 7.03. The van der Waals surface area contributed by atoms with Crippen LogP contribution in [0.15, 0.2) is 206 Å². The molecule has 0 saturated heterocycles. The third kappa shape index (κ3) is 9.05. The van der Waals surface area contributed by atoms with Crippen molar-refractivity contribution in [1.29, 1.82) is 0 Å². The van der Waals surface area contributed by atoms with Crippen LogP contribution in [-0.4, -0.2) is 20.1 Å². The van der Waals surface area contributed by atoms with E-state index in [0.717, 1.165) is 152 Å². The number of hydrogen-bond acceptors (Lipinski definition) is 6. The molecule has 0 unspecified atom stereocenters. The summed E-state index contributed by atoms with van der Waals surface area (Å²) in [4.78, 5) is 2.59. The zero-order chi connectivity index (χ0) is 67.3. The Bertz CT molecular complexity index is 5680. The Morgan fingerprint density at radius 3 is 1.10 bits per heavy atom. The molecule has 0 spiro atoms. The molecule has 9 heteroatoms. The summed E-state index contributed by atoms with van der Waals surface area (Å²) in [7, 11) is 0. The first-order valence-electron chi connectivity index (χ1n) is 34.8. The molecule has 0 aliphatic carbocycles. The number of nitrogens with zero attached hydrogens (tertiary/aromatic N) is 1. The molecule has 19 rings (SSSR count). The summed E-state index contributed by atoms with van der Waals surface area (Å²) < 4.78 is 29.8. The van der Waals surface area contributed by atoms with Crippen molar-refractivity contribution in [2.45, 2.75) is 83.1 Å². The highest BCUT2D eigenvalue weighted by Gasteiger charge is 2.49. The zero-order valence-electron chi connectivity index (χ0n) is 57.9. The number of anilines is 5. The minimum atomic E-state index is -0.299. The minimum Gasteiger partial charge on any atom is -0.458 e. The molecule has 0 bridgehead atoms. The Kier molecular flexibility index (Phi) is 13.0. The Morgan fingerprint density at radius 2 is 0.626 bits per heavy atom. The number of benzene rings is 13. The van der Waals surface area contributed by atoms with E-state index in [1.54, 1.807) is 0 Å². The molecule has 0 atom stereocenters. The van der Waals surface area contributed by atoms with Gasteiger partial charge in [-0.1, -0.05) is 168 Å². The summed E-state index contributed by atoms with van der Waals surface area (Å²) in [6, 6.07) is 77.1. The zero-order valence-corrected chi connectivity index (χ0v) is 57.9. The van der Waals surface area contributed by atoms with E-state index >= 15 is 0 Å². The third-order valence-electron chi connectivity index (χ3n) is 22.1. The quantitative estimate of drug-likeness (QED) is 0.167. The highest BCUT2D eigenvalue weighted by Crippen LogP contribution is 2.50. The van der Waals surface area contributed by atoms with Gasteiger partial charge in [0.05, 0.1) is 5.69 Å². The van der Waals surface area contributed by atoms with Gasteiger partial charge in [0.2, 0.25) is 0 Å². The predicted molar refractivity (Wildman–Crippen MR) is 415 cm³/mol. The fourth-order valence-electron chi connectivity index (χ4n) is 18.6. The molecule has 1 N–H and O–H groups in total. The first-order chi connectivity index (χ1) is 47.9. The number of ether oxygens (including phenoxy) is 4. The monoisotopic (exact) mass is 1280 g/mol. The lowest BCUT2D eigenvalue weighted by molar-refractivity contribution is 0.456. The standard InChI is InChI=1S/C90H71B3N2O4/c1-47-27-51(5)84(52(6)28-47)63-35-73-87-80(39-63)96-76-37-61(59-19-15-13-16-20-59)23-25-66(76)91(87)68-43-69-74(45-72(68)94-73)95(90-57(11)33-50(4)34-58(90)12)75-36-64(85-53(7)29-48(2)30-54(85)8)40-81-88(75)93(69)71-44-70-78(46-79(71)98-81)99-83-42-65(86-55(9)31-49(3)32-56(86)10)41-82-89(83)92(70)67-26-24-62(38-77(67)97-82)60-21-17-14-18-22-60/h13-46,94H,1-12H3. The molecule has 0 amide bonds. The van der Waals surface area contributed by atoms with E-state index in [2.05, 4.69) is 300 Å². The third-order valence-corrected chi connectivity index (χ3v) is 22.1. The molecule has 99 heavy (non-hydrogen) atoms. The molecule has 0 saturated carbocycles. The molecule has 0 radical (unpaired) electrons. The van der Waals surface area contributed by atoms with Crippen LogP contribution in [0, 0.1) is 83.1 Å². The summed E-state index contributed by atoms with van der Waals surface area (Å²) in [5.74, 6) is 6.52. The Balaban J connectivity index is 0.882. The van der Waals surface area contributed by atoms with Gasteiger partial charge in [-0.05, 0) is 282 Å². The van der Waals surface area contributed by atoms with Crippen LogP contribution >= 0.6 is 0 Å². The van der Waals surface area contributed by atoms with Crippen LogP contribution in [-0.2, 0) is 0 Å². The molecule has 6 nitrogen and oxygen atoms in total. The van der Waals surface area contributed by atoms with Crippen LogP contribution in [0.3, 0.4) is 0 Å². The van der Waals surface area contributed by atoms with Crippen molar-refractivity contribution in [3.63, 3.8) is 0 Å². The van der Waals surface area contributed by atoms with E-state index in [1.807, 2.05) is 0 Å². The van der Waals surface area contributed by atoms with Crippen LogP contribution in [0.1, 0.15) is 66.8 Å². The maximum atomic E-state index is 7.73. The smallest absolute Gasteiger partial charge is 0.260 e. The van der Waals surface area contributed by atoms with E-state index in [4.69, 9.17) is 18.9 Å². The largest absolute Gasteiger partial charge is 0.458 e. The first kappa shape index (κ1) is 59.1. The highest BCUT2D eigenvalue weighted by atomic mass is 16.5. The molecule has 13 aromatic carbocycles. The van der Waals surface area contributed by atoms with Gasteiger partial charge >= 0.3 is 0 Å². The Morgan fingerprint density at radius 1 is 0.253 bits per heavy atom. The van der Waals surface area contributed by atoms with Crippen molar-refractivity contribution in [3.8, 4) is 102 Å². The van der Waals surface area contributed by atoms with Crippen LogP contribution in [0.5, 0.6) is 46.0 Å². The van der Waals surface area contributed by atoms with Crippen molar-refractivity contribution >= 4 is 97.7 Å². The average molecular weight is 1280 g/mol. The second-order valence-corrected chi connectivity index (χ2v) is 29.1. The summed E-state index contributed by atoms with van der Waals surface area (Å²) >= 11 is 0. The molecule has 6 aliphatic rings. The van der Waals surface area contributed by atoms with E-state index in [9.17, 15) is 0 Å². The topological polar surface area (TPSA) is 52.2 Å². The van der Waals surface area contributed by atoms with Gasteiger partial charge in [0.25, 0.3) is 20.1 Å². The molecule has 0 fully saturated rings. The van der Waals surface area contributed by atoms with Gasteiger partial charge in [0.1, 0.15) is 46.0 Å². The fourth-order valence-corrected chi connectivity index (χ4v) is 18.6. The van der Waals surface area contributed by atoms with E-state index < -0.39 is 0 Å². The number of hydrogen-bond donors (Lipinski definition) is 1. The van der Waals surface area contributed by atoms with Gasteiger partial charge in [-0.3, -0.25) is 0 Å². The van der Waals surface area contributed by atoms with Gasteiger partial charge < -0.3 is 29.2 Å². The normalized spacial score (nSPS) is 13.4. The van der Waals surface area contributed by atoms with Crippen LogP contribution < -0.4 is 78.3 Å². The molecule has 6 heterocycles. The maximum Gasteiger partial charge on any atom is 0.260 e. The summed E-state index contributed by atoms with van der Waals surface area (Å²) in [6.45, 7) is 26.0. The van der Waals surface area contributed by atoms with E-state index in [0.29, 0.717) is 0 Å². The molecule has 13 aromatic rings. The number of rotatable bonds is 6. The molecule has 474 valence electrons. The second kappa shape index (κ2) is 21.7. The first-order valence-corrected chi connectivity index (χ1v) is 34.8. The van der Waals surface area contributed by atoms with Crippen molar-refractivity contribution in [2.24, 2.45) is 0 Å². The molecule has 0 aromatic heterocycles. The van der Waals surface area contributed by atoms with Gasteiger partial charge in [-0.15, -0.1) is 0 Å². The van der Waals surface area contributed by atoms with E-state index in [-0.39, 0.29) is 20.1 Å². The Labute approximate surface area is 581 Å². The molecular weight excluding hydrogens is 1210 g/mol. The van der Waals surface area contributed by atoms with Crippen LogP contribution in [0.2, 0.25) is 0 Å². The summed E-state index contributed by atoms with van der Waals surface area (Å²) in [5, 5.41) is 4.19. The lowest BCUT2D eigenvalue weighted by atomic mass is 9.29. The summed E-state index contributed by atoms with van der Waals surface area (Å²) in [6.07, 6.45) is 0. The maximum absolute atomic E-state index is 7.73. The average Bonchev–Trinajstić information content (AvgIpc) is 0.691. The number of aryl methyl sites for hydroxylation is 12. The second-order valence-electron chi connectivity index (χ2n) is 29.1. The fraction of sp³-hybridized carbons (Fsp3) is 0.133. The minimum absolute atomic E-state index is 0.186. The predicted octanol–water partition coefficient (Wildman–Crippen LogP) is 17.5. The van der Waals surface area contributed by atoms with Gasteiger partial charge in [0, 0.05) is 34.3 Å². The lowest BCUT2D eigenvalue weighted by Crippen LogP contribution is -2.64. The lowest BCUT2D eigenvalue weighted by Gasteiger charge is -2.43. The van der Waals surface area contributed by atoms with Gasteiger partial charge in [-0.25, -0.2) is 0 Å². The Hall–Kier alpha value is -11.1. The number of fused-ring (bicyclic) bond motifs is 12. The van der Waals surface area contributed by atoms with Crippen molar-refractivity contribution in [1.82, 2.24) is 0 Å². The van der Waals surface area contributed by atoms with E-state index in [1.165, 1.54) is 94.4 Å².